The summed E-state index contributed by atoms with van der Waals surface area (Å²) in [5, 5.41) is 0. The van der Waals surface area contributed by atoms with Gasteiger partial charge in [-0.25, -0.2) is 0 Å². The van der Waals surface area contributed by atoms with E-state index >= 15 is 0 Å². The summed E-state index contributed by atoms with van der Waals surface area (Å²) in [6.07, 6.45) is 0.908. The molecule has 1 saturated heterocycles. The Morgan fingerprint density at radius 1 is 1.41 bits per heavy atom. The summed E-state index contributed by atoms with van der Waals surface area (Å²) in [6.45, 7) is 5.29. The first kappa shape index (κ1) is 12.1. The maximum atomic E-state index is 11.7. The molecule has 1 fully saturated rings. The van der Waals surface area contributed by atoms with E-state index in [1.165, 1.54) is 5.56 Å². The van der Waals surface area contributed by atoms with Crippen molar-refractivity contribution in [2.24, 2.45) is 0 Å². The molecule has 0 aliphatic carbocycles. The molecule has 0 radical (unpaired) electrons. The standard InChI is InChI=1S/C14H19NO2/c1-3-17-14(16)13-9-11(2)15(13)10-12-7-5-4-6-8-12/h4-8,11,13H,3,9-10H2,1-2H3. The molecule has 0 N–H and O–H groups in total. The molecule has 0 aromatic heterocycles. The average molecular weight is 233 g/mol. The van der Waals surface area contributed by atoms with Crippen LogP contribution in [-0.4, -0.2) is 29.6 Å². The van der Waals surface area contributed by atoms with E-state index in [4.69, 9.17) is 4.74 Å². The molecule has 2 atom stereocenters. The number of carbonyl (C=O) groups excluding carboxylic acids is 1. The fraction of sp³-hybridized carbons (Fsp3) is 0.500. The molecule has 17 heavy (non-hydrogen) atoms. The normalized spacial score (nSPS) is 24.1. The van der Waals surface area contributed by atoms with Gasteiger partial charge in [0.2, 0.25) is 0 Å². The second-order valence-electron chi connectivity index (χ2n) is 4.51. The van der Waals surface area contributed by atoms with Crippen LogP contribution in [0.25, 0.3) is 0 Å². The molecule has 0 bridgehead atoms. The molecule has 1 aliphatic heterocycles. The molecule has 3 heteroatoms. The van der Waals surface area contributed by atoms with Crippen LogP contribution in [0.15, 0.2) is 30.3 Å². The average Bonchev–Trinajstić information content (AvgIpc) is 2.34. The number of nitrogens with zero attached hydrogens (tertiary/aromatic N) is 1. The highest BCUT2D eigenvalue weighted by atomic mass is 16.5. The van der Waals surface area contributed by atoms with Gasteiger partial charge in [-0.1, -0.05) is 30.3 Å². The minimum Gasteiger partial charge on any atom is -0.465 e. The molecule has 2 rings (SSSR count). The van der Waals surface area contributed by atoms with Gasteiger partial charge < -0.3 is 4.74 Å². The highest BCUT2D eigenvalue weighted by molar-refractivity contribution is 5.77. The van der Waals surface area contributed by atoms with Gasteiger partial charge in [0.15, 0.2) is 0 Å². The summed E-state index contributed by atoms with van der Waals surface area (Å²) in [6, 6.07) is 10.7. The highest BCUT2D eigenvalue weighted by Crippen LogP contribution is 2.28. The van der Waals surface area contributed by atoms with E-state index < -0.39 is 0 Å². The quantitative estimate of drug-likeness (QED) is 0.747. The zero-order valence-electron chi connectivity index (χ0n) is 10.4. The van der Waals surface area contributed by atoms with Gasteiger partial charge in [0.1, 0.15) is 6.04 Å². The summed E-state index contributed by atoms with van der Waals surface area (Å²) in [5.41, 5.74) is 1.24. The Bertz CT molecular complexity index is 377. The van der Waals surface area contributed by atoms with Crippen molar-refractivity contribution in [2.45, 2.75) is 38.9 Å². The molecule has 3 nitrogen and oxygen atoms in total. The molecule has 2 unspecified atom stereocenters. The Kier molecular flexibility index (Phi) is 3.79. The Morgan fingerprint density at radius 3 is 2.71 bits per heavy atom. The van der Waals surface area contributed by atoms with Crippen molar-refractivity contribution in [3.05, 3.63) is 35.9 Å². The Hall–Kier alpha value is -1.35. The lowest BCUT2D eigenvalue weighted by Crippen LogP contribution is -2.57. The van der Waals surface area contributed by atoms with Gasteiger partial charge in [0, 0.05) is 12.6 Å². The van der Waals surface area contributed by atoms with E-state index in [1.54, 1.807) is 0 Å². The van der Waals surface area contributed by atoms with E-state index in [-0.39, 0.29) is 12.0 Å². The Morgan fingerprint density at radius 2 is 2.12 bits per heavy atom. The maximum Gasteiger partial charge on any atom is 0.323 e. The van der Waals surface area contributed by atoms with Crippen molar-refractivity contribution in [3.63, 3.8) is 0 Å². The number of benzene rings is 1. The first-order valence-corrected chi connectivity index (χ1v) is 6.18. The maximum absolute atomic E-state index is 11.7. The van der Waals surface area contributed by atoms with Crippen molar-refractivity contribution in [3.8, 4) is 0 Å². The minimum absolute atomic E-state index is 0.0508. The zero-order valence-corrected chi connectivity index (χ0v) is 10.4. The number of likely N-dealkylation sites (tertiary alicyclic amines) is 1. The van der Waals surface area contributed by atoms with Crippen LogP contribution < -0.4 is 0 Å². The van der Waals surface area contributed by atoms with Gasteiger partial charge >= 0.3 is 5.97 Å². The lowest BCUT2D eigenvalue weighted by atomic mass is 9.93. The van der Waals surface area contributed by atoms with Gasteiger partial charge in [-0.3, -0.25) is 9.69 Å². The topological polar surface area (TPSA) is 29.5 Å². The summed E-state index contributed by atoms with van der Waals surface area (Å²) in [5.74, 6) is -0.0819. The van der Waals surface area contributed by atoms with E-state index in [1.807, 2.05) is 25.1 Å². The molecule has 0 amide bonds. The van der Waals surface area contributed by atoms with Crippen LogP contribution >= 0.6 is 0 Å². The van der Waals surface area contributed by atoms with E-state index in [2.05, 4.69) is 24.0 Å². The van der Waals surface area contributed by atoms with Crippen LogP contribution in [0.4, 0.5) is 0 Å². The molecule has 92 valence electrons. The first-order valence-electron chi connectivity index (χ1n) is 6.18. The van der Waals surface area contributed by atoms with Crippen molar-refractivity contribution in [1.82, 2.24) is 4.90 Å². The minimum atomic E-state index is -0.0819. The summed E-state index contributed by atoms with van der Waals surface area (Å²) >= 11 is 0. The molecule has 0 spiro atoms. The molecular weight excluding hydrogens is 214 g/mol. The third kappa shape index (κ3) is 2.67. The van der Waals surface area contributed by atoms with Crippen molar-refractivity contribution in [1.29, 1.82) is 0 Å². The van der Waals surface area contributed by atoms with Gasteiger partial charge in [-0.15, -0.1) is 0 Å². The predicted octanol–water partition coefficient (Wildman–Crippen LogP) is 2.21. The number of hydrogen-bond donors (Lipinski definition) is 0. The van der Waals surface area contributed by atoms with Crippen molar-refractivity contribution >= 4 is 5.97 Å². The SMILES string of the molecule is CCOC(=O)C1CC(C)N1Cc1ccccc1. The molecule has 1 heterocycles. The molecule has 1 aromatic rings. The first-order chi connectivity index (χ1) is 8.22. The third-order valence-corrected chi connectivity index (χ3v) is 3.30. The molecular formula is C14H19NO2. The second kappa shape index (κ2) is 5.32. The lowest BCUT2D eigenvalue weighted by molar-refractivity contribution is -0.158. The predicted molar refractivity (Wildman–Crippen MR) is 66.5 cm³/mol. The van der Waals surface area contributed by atoms with Gasteiger partial charge in [-0.2, -0.15) is 0 Å². The van der Waals surface area contributed by atoms with Gasteiger partial charge in [-0.05, 0) is 25.8 Å². The van der Waals surface area contributed by atoms with Crippen LogP contribution in [0.3, 0.4) is 0 Å². The summed E-state index contributed by atoms with van der Waals surface area (Å²) in [4.78, 5) is 13.9. The van der Waals surface area contributed by atoms with Crippen molar-refractivity contribution < 1.29 is 9.53 Å². The number of ether oxygens (including phenoxy) is 1. The second-order valence-corrected chi connectivity index (χ2v) is 4.51. The van der Waals surface area contributed by atoms with E-state index in [0.717, 1.165) is 13.0 Å². The van der Waals surface area contributed by atoms with Gasteiger partial charge in [0.05, 0.1) is 6.61 Å². The van der Waals surface area contributed by atoms with Crippen molar-refractivity contribution in [2.75, 3.05) is 6.61 Å². The van der Waals surface area contributed by atoms with Crippen LogP contribution in [-0.2, 0) is 16.1 Å². The van der Waals surface area contributed by atoms with Crippen LogP contribution in [0.2, 0.25) is 0 Å². The number of hydrogen-bond acceptors (Lipinski definition) is 3. The summed E-state index contributed by atoms with van der Waals surface area (Å²) in [7, 11) is 0. The number of esters is 1. The van der Waals surface area contributed by atoms with E-state index in [0.29, 0.717) is 12.6 Å². The smallest absolute Gasteiger partial charge is 0.323 e. The third-order valence-electron chi connectivity index (χ3n) is 3.30. The lowest BCUT2D eigenvalue weighted by Gasteiger charge is -2.45. The Balaban J connectivity index is 1.97. The van der Waals surface area contributed by atoms with Crippen LogP contribution in [0.1, 0.15) is 25.8 Å². The highest BCUT2D eigenvalue weighted by Gasteiger charge is 2.40. The molecule has 1 aliphatic rings. The van der Waals surface area contributed by atoms with E-state index in [9.17, 15) is 4.79 Å². The number of rotatable bonds is 4. The fourth-order valence-corrected chi connectivity index (χ4v) is 2.29. The molecule has 1 aromatic carbocycles. The Labute approximate surface area is 102 Å². The summed E-state index contributed by atoms with van der Waals surface area (Å²) < 4.78 is 5.08. The zero-order chi connectivity index (χ0) is 12.3. The fourth-order valence-electron chi connectivity index (χ4n) is 2.29. The van der Waals surface area contributed by atoms with Crippen LogP contribution in [0, 0.1) is 0 Å². The van der Waals surface area contributed by atoms with Gasteiger partial charge in [0.25, 0.3) is 0 Å². The largest absolute Gasteiger partial charge is 0.465 e. The van der Waals surface area contributed by atoms with Crippen LogP contribution in [0.5, 0.6) is 0 Å². The molecule has 0 saturated carbocycles. The monoisotopic (exact) mass is 233 g/mol. The number of carbonyl (C=O) groups is 1.